The highest BCUT2D eigenvalue weighted by molar-refractivity contribution is 8.05. The highest BCUT2D eigenvalue weighted by Gasteiger charge is 2.49. The average molecular weight is 393 g/mol. The van der Waals surface area contributed by atoms with Crippen molar-refractivity contribution in [2.45, 2.75) is 58.5 Å². The Morgan fingerprint density at radius 2 is 1.96 bits per heavy atom. The predicted molar refractivity (Wildman–Crippen MR) is 98.6 cm³/mol. The van der Waals surface area contributed by atoms with Gasteiger partial charge in [-0.3, -0.25) is 4.79 Å². The van der Waals surface area contributed by atoms with E-state index in [1.165, 1.54) is 16.2 Å². The molecule has 2 N–H and O–H groups in total. The van der Waals surface area contributed by atoms with E-state index in [2.05, 4.69) is 20.8 Å². The van der Waals surface area contributed by atoms with Crippen LogP contribution in [0.4, 0.5) is 18.9 Å². The van der Waals surface area contributed by atoms with Crippen LogP contribution in [-0.2, 0) is 4.79 Å². The molecule has 2 unspecified atom stereocenters. The van der Waals surface area contributed by atoms with Crippen LogP contribution in [0.25, 0.3) is 0 Å². The molecular formula is C17H23F3N2OS2. The summed E-state index contributed by atoms with van der Waals surface area (Å²) in [5, 5.41) is 1.26. The van der Waals surface area contributed by atoms with Crippen LogP contribution in [0.15, 0.2) is 22.0 Å². The summed E-state index contributed by atoms with van der Waals surface area (Å²) in [5.74, 6) is -0.925. The Morgan fingerprint density at radius 1 is 1.36 bits per heavy atom. The van der Waals surface area contributed by atoms with Crippen molar-refractivity contribution in [2.24, 2.45) is 11.1 Å². The van der Waals surface area contributed by atoms with Gasteiger partial charge in [0.1, 0.15) is 10.6 Å². The number of anilines is 1. The van der Waals surface area contributed by atoms with Crippen LogP contribution in [0.5, 0.6) is 0 Å². The quantitative estimate of drug-likeness (QED) is 0.741. The lowest BCUT2D eigenvalue weighted by molar-refractivity contribution is -0.115. The van der Waals surface area contributed by atoms with Gasteiger partial charge in [0.15, 0.2) is 0 Å². The van der Waals surface area contributed by atoms with Crippen LogP contribution in [0.3, 0.4) is 0 Å². The molecule has 140 valence electrons. The molecule has 1 aromatic rings. The number of thiophene rings is 1. The molecular weight excluding hydrogens is 369 g/mol. The SMILES string of the molecule is CC(CC(C)(C)C)c1sccc1N1C(C(F)(F)F)=C(C(N)=O)SC1C. The molecule has 2 atom stereocenters. The summed E-state index contributed by atoms with van der Waals surface area (Å²) >= 11 is 2.32. The smallest absolute Gasteiger partial charge is 0.365 e. The lowest BCUT2D eigenvalue weighted by Crippen LogP contribution is -2.34. The third-order valence-electron chi connectivity index (χ3n) is 3.90. The van der Waals surface area contributed by atoms with Gasteiger partial charge in [-0.05, 0) is 36.1 Å². The van der Waals surface area contributed by atoms with Gasteiger partial charge < -0.3 is 10.6 Å². The number of amides is 1. The van der Waals surface area contributed by atoms with Gasteiger partial charge in [-0.25, -0.2) is 0 Å². The van der Waals surface area contributed by atoms with Crippen LogP contribution in [-0.4, -0.2) is 17.5 Å². The number of carbonyl (C=O) groups is 1. The highest BCUT2D eigenvalue weighted by Crippen LogP contribution is 2.50. The molecule has 1 aliphatic heterocycles. The largest absolute Gasteiger partial charge is 0.432 e. The number of nitrogens with zero attached hydrogens (tertiary/aromatic N) is 1. The maximum atomic E-state index is 13.7. The van der Waals surface area contributed by atoms with E-state index in [1.54, 1.807) is 18.4 Å². The van der Waals surface area contributed by atoms with Gasteiger partial charge in [-0.1, -0.05) is 39.5 Å². The monoisotopic (exact) mass is 392 g/mol. The number of carbonyl (C=O) groups excluding carboxylic acids is 1. The molecule has 1 aliphatic rings. The summed E-state index contributed by atoms with van der Waals surface area (Å²) in [5.41, 5.74) is 4.84. The number of nitrogens with two attached hydrogens (primary N) is 1. The van der Waals surface area contributed by atoms with Crippen molar-refractivity contribution >= 4 is 34.7 Å². The van der Waals surface area contributed by atoms with Crippen molar-refractivity contribution in [3.8, 4) is 0 Å². The first-order valence-corrected chi connectivity index (χ1v) is 9.73. The fourth-order valence-electron chi connectivity index (χ4n) is 3.22. The zero-order valence-electron chi connectivity index (χ0n) is 14.9. The molecule has 3 nitrogen and oxygen atoms in total. The van der Waals surface area contributed by atoms with Crippen LogP contribution < -0.4 is 10.6 Å². The average Bonchev–Trinajstić information content (AvgIpc) is 2.99. The number of alkyl halides is 3. The van der Waals surface area contributed by atoms with Gasteiger partial charge in [0.25, 0.3) is 5.91 Å². The van der Waals surface area contributed by atoms with E-state index in [0.29, 0.717) is 5.69 Å². The van der Waals surface area contributed by atoms with Gasteiger partial charge in [-0.15, -0.1) is 11.3 Å². The van der Waals surface area contributed by atoms with Crippen molar-refractivity contribution in [1.82, 2.24) is 0 Å². The first kappa shape index (κ1) is 20.2. The molecule has 0 radical (unpaired) electrons. The molecule has 2 heterocycles. The Morgan fingerprint density at radius 3 is 2.44 bits per heavy atom. The normalized spacial score (nSPS) is 20.3. The molecule has 0 saturated carbocycles. The van der Waals surface area contributed by atoms with Crippen LogP contribution in [0, 0.1) is 5.41 Å². The fraction of sp³-hybridized carbons (Fsp3) is 0.588. The molecule has 8 heteroatoms. The third-order valence-corrected chi connectivity index (χ3v) is 6.22. The Hall–Kier alpha value is -1.15. The van der Waals surface area contributed by atoms with Gasteiger partial charge >= 0.3 is 6.18 Å². The minimum atomic E-state index is -4.64. The maximum absolute atomic E-state index is 13.7. The lowest BCUT2D eigenvalue weighted by atomic mass is 9.84. The number of allylic oxidation sites excluding steroid dienone is 1. The van der Waals surface area contributed by atoms with Crippen LogP contribution >= 0.6 is 23.1 Å². The van der Waals surface area contributed by atoms with Gasteiger partial charge in [0.2, 0.25) is 0 Å². The summed E-state index contributed by atoms with van der Waals surface area (Å²) < 4.78 is 41.0. The van der Waals surface area contributed by atoms with Crippen molar-refractivity contribution in [3.63, 3.8) is 0 Å². The molecule has 1 amide bonds. The molecule has 1 aromatic heterocycles. The lowest BCUT2D eigenvalue weighted by Gasteiger charge is -2.30. The van der Waals surface area contributed by atoms with E-state index in [0.717, 1.165) is 23.1 Å². The first-order valence-electron chi connectivity index (χ1n) is 7.97. The Balaban J connectivity index is 2.51. The van der Waals surface area contributed by atoms with E-state index in [-0.39, 0.29) is 11.3 Å². The van der Waals surface area contributed by atoms with E-state index in [4.69, 9.17) is 5.73 Å². The predicted octanol–water partition coefficient (Wildman–Crippen LogP) is 5.45. The number of halogens is 3. The minimum absolute atomic E-state index is 0.0626. The Bertz CT molecular complexity index is 689. The molecule has 2 rings (SSSR count). The van der Waals surface area contributed by atoms with Crippen molar-refractivity contribution in [1.29, 1.82) is 0 Å². The second-order valence-corrected chi connectivity index (χ2v) is 9.74. The number of rotatable bonds is 4. The summed E-state index contributed by atoms with van der Waals surface area (Å²) in [6, 6.07) is 1.70. The van der Waals surface area contributed by atoms with E-state index in [9.17, 15) is 18.0 Å². The topological polar surface area (TPSA) is 46.3 Å². The molecule has 25 heavy (non-hydrogen) atoms. The Labute approximate surface area is 154 Å². The molecule has 0 aliphatic carbocycles. The summed E-state index contributed by atoms with van der Waals surface area (Å²) in [4.78, 5) is 13.2. The maximum Gasteiger partial charge on any atom is 0.432 e. The number of hydrogen-bond acceptors (Lipinski definition) is 4. The zero-order chi connectivity index (χ0) is 19.2. The molecule has 0 saturated heterocycles. The molecule has 0 spiro atoms. The summed E-state index contributed by atoms with van der Waals surface area (Å²) in [7, 11) is 0. The molecule has 0 fully saturated rings. The van der Waals surface area contributed by atoms with E-state index >= 15 is 0 Å². The van der Waals surface area contributed by atoms with Crippen molar-refractivity contribution in [2.75, 3.05) is 4.90 Å². The van der Waals surface area contributed by atoms with Crippen LogP contribution in [0.2, 0.25) is 0 Å². The van der Waals surface area contributed by atoms with E-state index < -0.39 is 28.1 Å². The first-order chi connectivity index (χ1) is 11.3. The highest BCUT2D eigenvalue weighted by atomic mass is 32.2. The van der Waals surface area contributed by atoms with Crippen molar-refractivity contribution in [3.05, 3.63) is 26.9 Å². The molecule has 0 aromatic carbocycles. The van der Waals surface area contributed by atoms with Gasteiger partial charge in [0.05, 0.1) is 11.1 Å². The van der Waals surface area contributed by atoms with Crippen molar-refractivity contribution < 1.29 is 18.0 Å². The number of hydrogen-bond donors (Lipinski definition) is 1. The van der Waals surface area contributed by atoms with Gasteiger partial charge in [0, 0.05) is 4.88 Å². The standard InChI is InChI=1S/C17H23F3N2OS2/c1-9(8-16(3,4)5)12-11(6-7-24-12)22-10(2)25-13(15(21)23)14(22)17(18,19)20/h6-7,9-10H,8H2,1-5H3,(H2,21,23). The molecule has 0 bridgehead atoms. The van der Waals surface area contributed by atoms with E-state index in [1.807, 2.05) is 6.92 Å². The number of primary amides is 1. The second kappa shape index (κ2) is 6.87. The zero-order valence-corrected chi connectivity index (χ0v) is 16.5. The minimum Gasteiger partial charge on any atom is -0.365 e. The Kier molecular flexibility index (Phi) is 5.54. The third kappa shape index (κ3) is 4.34. The second-order valence-electron chi connectivity index (χ2n) is 7.46. The summed E-state index contributed by atoms with van der Waals surface area (Å²) in [6.07, 6.45) is -3.79. The van der Waals surface area contributed by atoms with Gasteiger partial charge in [-0.2, -0.15) is 13.2 Å². The van der Waals surface area contributed by atoms with Crippen LogP contribution in [0.1, 0.15) is 51.8 Å². The fourth-order valence-corrected chi connectivity index (χ4v) is 5.27. The number of thioether (sulfide) groups is 1. The summed E-state index contributed by atoms with van der Waals surface area (Å²) in [6.45, 7) is 10.0.